The minimum atomic E-state index is -0.350. The number of nitrogens with one attached hydrogen (secondary N) is 2. The number of halogens is 3. The van der Waals surface area contributed by atoms with Gasteiger partial charge in [0.05, 0.1) is 35.9 Å². The summed E-state index contributed by atoms with van der Waals surface area (Å²) in [4.78, 5) is 13.3. The summed E-state index contributed by atoms with van der Waals surface area (Å²) in [7, 11) is 1.53. The Hall–Kier alpha value is -2.61. The van der Waals surface area contributed by atoms with E-state index in [4.69, 9.17) is 16.3 Å². The Bertz CT molecular complexity index is 1110. The van der Waals surface area contributed by atoms with Crippen LogP contribution in [0.5, 0.6) is 5.75 Å². The van der Waals surface area contributed by atoms with Gasteiger partial charge in [-0.2, -0.15) is 5.10 Å². The molecule has 170 valence electrons. The molecule has 0 saturated carbocycles. The fourth-order valence-corrected chi connectivity index (χ4v) is 4.11. The second kappa shape index (κ2) is 10.3. The number of benzene rings is 2. The molecule has 0 radical (unpaired) electrons. The molecular weight excluding hydrogens is 454 g/mol. The normalized spacial score (nSPS) is 14.0. The molecule has 1 aromatic heterocycles. The molecule has 2 N–H and O–H groups in total. The lowest BCUT2D eigenvalue weighted by atomic mass is 9.91. The summed E-state index contributed by atoms with van der Waals surface area (Å²) in [5.41, 5.74) is 3.20. The van der Waals surface area contributed by atoms with Gasteiger partial charge in [0.1, 0.15) is 11.6 Å². The minimum absolute atomic E-state index is 0. The van der Waals surface area contributed by atoms with E-state index in [2.05, 4.69) is 15.7 Å². The quantitative estimate of drug-likeness (QED) is 0.533. The molecule has 0 spiro atoms. The van der Waals surface area contributed by atoms with Crippen LogP contribution in [-0.4, -0.2) is 35.9 Å². The van der Waals surface area contributed by atoms with Gasteiger partial charge in [-0.1, -0.05) is 17.7 Å². The van der Waals surface area contributed by atoms with Gasteiger partial charge in [-0.3, -0.25) is 4.79 Å². The first-order valence-electron chi connectivity index (χ1n) is 10.2. The summed E-state index contributed by atoms with van der Waals surface area (Å²) in [5, 5.41) is 11.3. The minimum Gasteiger partial charge on any atom is -0.495 e. The van der Waals surface area contributed by atoms with Gasteiger partial charge in [-0.05, 0) is 62.7 Å². The maximum absolute atomic E-state index is 13.9. The predicted molar refractivity (Wildman–Crippen MR) is 126 cm³/mol. The lowest BCUT2D eigenvalue weighted by molar-refractivity contribution is 0.102. The molecule has 4 rings (SSSR count). The fraction of sp³-hybridized carbons (Fsp3) is 0.304. The largest absolute Gasteiger partial charge is 0.495 e. The monoisotopic (exact) mass is 478 g/mol. The third-order valence-corrected chi connectivity index (χ3v) is 5.97. The maximum Gasteiger partial charge on any atom is 0.259 e. The number of aryl methyl sites for hydroxylation is 1. The molecule has 32 heavy (non-hydrogen) atoms. The van der Waals surface area contributed by atoms with E-state index in [1.807, 2.05) is 6.92 Å². The van der Waals surface area contributed by atoms with Crippen molar-refractivity contribution in [3.63, 3.8) is 0 Å². The van der Waals surface area contributed by atoms with E-state index >= 15 is 0 Å². The van der Waals surface area contributed by atoms with Crippen LogP contribution < -0.4 is 15.4 Å². The maximum atomic E-state index is 13.9. The SMILES string of the molecule is COc1cc(Cl)c(C)cc1NC(=O)c1cnn(-c2cccc(F)c2)c1C1CCNCC1.Cl. The average molecular weight is 479 g/mol. The van der Waals surface area contributed by atoms with Gasteiger partial charge in [0, 0.05) is 17.0 Å². The number of anilines is 1. The molecule has 0 aliphatic carbocycles. The van der Waals surface area contributed by atoms with Gasteiger partial charge in [0.2, 0.25) is 0 Å². The zero-order chi connectivity index (χ0) is 22.0. The molecule has 1 fully saturated rings. The zero-order valence-corrected chi connectivity index (χ0v) is 19.4. The number of carbonyl (C=O) groups is 1. The second-order valence-electron chi connectivity index (χ2n) is 7.62. The number of piperidine rings is 1. The van der Waals surface area contributed by atoms with Crippen molar-refractivity contribution in [1.29, 1.82) is 0 Å². The number of rotatable bonds is 5. The first-order chi connectivity index (χ1) is 15.0. The highest BCUT2D eigenvalue weighted by atomic mass is 35.5. The molecule has 6 nitrogen and oxygen atoms in total. The molecule has 1 saturated heterocycles. The molecule has 0 bridgehead atoms. The van der Waals surface area contributed by atoms with Crippen LogP contribution in [0.1, 0.15) is 40.4 Å². The molecule has 1 aliphatic rings. The van der Waals surface area contributed by atoms with Crippen molar-refractivity contribution in [1.82, 2.24) is 15.1 Å². The van der Waals surface area contributed by atoms with Crippen molar-refractivity contribution >= 4 is 35.6 Å². The summed E-state index contributed by atoms with van der Waals surface area (Å²) in [6.07, 6.45) is 3.28. The van der Waals surface area contributed by atoms with Crippen LogP contribution in [0.3, 0.4) is 0 Å². The Morgan fingerprint density at radius 2 is 2.03 bits per heavy atom. The Kier molecular flexibility index (Phi) is 7.77. The number of hydrogen-bond acceptors (Lipinski definition) is 4. The summed E-state index contributed by atoms with van der Waals surface area (Å²) in [6, 6.07) is 9.69. The highest BCUT2D eigenvalue weighted by Gasteiger charge is 2.27. The van der Waals surface area contributed by atoms with Gasteiger partial charge in [0.15, 0.2) is 0 Å². The summed E-state index contributed by atoms with van der Waals surface area (Å²) >= 11 is 6.19. The number of aromatic nitrogens is 2. The van der Waals surface area contributed by atoms with Crippen molar-refractivity contribution < 1.29 is 13.9 Å². The van der Waals surface area contributed by atoms with Crippen molar-refractivity contribution in [2.24, 2.45) is 0 Å². The number of nitrogens with zero attached hydrogens (tertiary/aromatic N) is 2. The van der Waals surface area contributed by atoms with E-state index in [1.54, 1.807) is 35.1 Å². The van der Waals surface area contributed by atoms with Gasteiger partial charge < -0.3 is 15.4 Å². The lowest BCUT2D eigenvalue weighted by Gasteiger charge is -2.25. The van der Waals surface area contributed by atoms with Crippen LogP contribution in [0.15, 0.2) is 42.6 Å². The van der Waals surface area contributed by atoms with Crippen LogP contribution in [-0.2, 0) is 0 Å². The molecule has 1 aliphatic heterocycles. The Morgan fingerprint density at radius 1 is 1.28 bits per heavy atom. The van der Waals surface area contributed by atoms with E-state index in [-0.39, 0.29) is 30.0 Å². The Balaban J connectivity index is 0.00000289. The van der Waals surface area contributed by atoms with Crippen molar-refractivity contribution in [2.45, 2.75) is 25.7 Å². The molecular formula is C23H25Cl2FN4O2. The Labute approximate surface area is 197 Å². The number of methoxy groups -OCH3 is 1. The van der Waals surface area contributed by atoms with Crippen LogP contribution in [0.25, 0.3) is 5.69 Å². The molecule has 1 amide bonds. The standard InChI is InChI=1S/C23H24ClFN4O2.ClH/c1-14-10-20(21(31-2)12-19(14)24)28-23(30)18-13-27-29(17-5-3-4-16(25)11-17)22(18)15-6-8-26-9-7-15;/h3-5,10-13,15,26H,6-9H2,1-2H3,(H,28,30);1H. The fourth-order valence-electron chi connectivity index (χ4n) is 3.95. The van der Waals surface area contributed by atoms with E-state index in [0.29, 0.717) is 27.7 Å². The topological polar surface area (TPSA) is 68.2 Å². The van der Waals surface area contributed by atoms with E-state index in [9.17, 15) is 9.18 Å². The second-order valence-corrected chi connectivity index (χ2v) is 8.02. The summed E-state index contributed by atoms with van der Waals surface area (Å²) in [6.45, 7) is 3.56. The number of amides is 1. The molecule has 9 heteroatoms. The van der Waals surface area contributed by atoms with Gasteiger partial charge in [-0.25, -0.2) is 9.07 Å². The molecule has 0 atom stereocenters. The number of carbonyl (C=O) groups excluding carboxylic acids is 1. The lowest BCUT2D eigenvalue weighted by Crippen LogP contribution is -2.29. The summed E-state index contributed by atoms with van der Waals surface area (Å²) in [5.74, 6) is -0.0423. The van der Waals surface area contributed by atoms with Crippen LogP contribution in [0, 0.1) is 12.7 Å². The molecule has 2 aromatic carbocycles. The third kappa shape index (κ3) is 4.90. The number of ether oxygens (including phenoxy) is 1. The van der Waals surface area contributed by atoms with E-state index in [0.717, 1.165) is 37.2 Å². The smallest absolute Gasteiger partial charge is 0.259 e. The van der Waals surface area contributed by atoms with Gasteiger partial charge >= 0.3 is 0 Å². The van der Waals surface area contributed by atoms with Crippen molar-refractivity contribution in [3.8, 4) is 11.4 Å². The van der Waals surface area contributed by atoms with Gasteiger partial charge in [-0.15, -0.1) is 12.4 Å². The van der Waals surface area contributed by atoms with Crippen LogP contribution >= 0.6 is 24.0 Å². The first kappa shape index (κ1) is 24.0. The van der Waals surface area contributed by atoms with Crippen molar-refractivity contribution in [2.75, 3.05) is 25.5 Å². The Morgan fingerprint density at radius 3 is 2.72 bits per heavy atom. The zero-order valence-electron chi connectivity index (χ0n) is 17.8. The van der Waals surface area contributed by atoms with E-state index in [1.165, 1.54) is 19.2 Å². The van der Waals surface area contributed by atoms with Crippen LogP contribution in [0.2, 0.25) is 5.02 Å². The number of hydrogen-bond donors (Lipinski definition) is 2. The predicted octanol–water partition coefficient (Wildman–Crippen LogP) is 5.12. The van der Waals surface area contributed by atoms with E-state index < -0.39 is 0 Å². The molecule has 0 unspecified atom stereocenters. The third-order valence-electron chi connectivity index (χ3n) is 5.56. The molecule has 3 aromatic rings. The first-order valence-corrected chi connectivity index (χ1v) is 10.6. The van der Waals surface area contributed by atoms with Crippen LogP contribution in [0.4, 0.5) is 10.1 Å². The highest BCUT2D eigenvalue weighted by molar-refractivity contribution is 6.31. The van der Waals surface area contributed by atoms with Gasteiger partial charge in [0.25, 0.3) is 5.91 Å². The highest BCUT2D eigenvalue weighted by Crippen LogP contribution is 2.34. The summed E-state index contributed by atoms with van der Waals surface area (Å²) < 4.78 is 20.9. The van der Waals surface area contributed by atoms with Crippen molar-refractivity contribution in [3.05, 3.63) is 70.3 Å². The molecule has 2 heterocycles. The average Bonchev–Trinajstić information content (AvgIpc) is 3.22.